The van der Waals surface area contributed by atoms with E-state index in [9.17, 15) is 14.7 Å². The zero-order valence-corrected chi connectivity index (χ0v) is 10.1. The van der Waals surface area contributed by atoms with E-state index in [1.54, 1.807) is 6.92 Å². The van der Waals surface area contributed by atoms with Gasteiger partial charge in [0.05, 0.1) is 12.7 Å². The van der Waals surface area contributed by atoms with Gasteiger partial charge in [0.15, 0.2) is 0 Å². The molecule has 1 rings (SSSR count). The highest BCUT2D eigenvalue weighted by molar-refractivity contribution is 5.98. The van der Waals surface area contributed by atoms with Gasteiger partial charge in [0.25, 0.3) is 5.91 Å². The largest absolute Gasteiger partial charge is 0.507 e. The summed E-state index contributed by atoms with van der Waals surface area (Å²) in [4.78, 5) is 22.5. The molecule has 0 saturated carbocycles. The Morgan fingerprint density at radius 3 is 2.56 bits per heavy atom. The van der Waals surface area contributed by atoms with Gasteiger partial charge in [-0.05, 0) is 18.6 Å². The molecule has 1 aromatic rings. The number of hydrogen-bond donors (Lipinski definition) is 3. The van der Waals surface area contributed by atoms with Crippen LogP contribution in [0.4, 0.5) is 0 Å². The average molecular weight is 253 g/mol. The molecule has 0 aliphatic heterocycles. The molecule has 1 atom stereocenters. The van der Waals surface area contributed by atoms with Crippen LogP contribution in [-0.2, 0) is 4.79 Å². The minimum Gasteiger partial charge on any atom is -0.507 e. The van der Waals surface area contributed by atoms with Crippen molar-refractivity contribution in [3.63, 3.8) is 0 Å². The Kier molecular flexibility index (Phi) is 4.53. The lowest BCUT2D eigenvalue weighted by Crippen LogP contribution is -2.40. The van der Waals surface area contributed by atoms with Gasteiger partial charge in [0, 0.05) is 6.07 Å². The van der Waals surface area contributed by atoms with E-state index in [-0.39, 0.29) is 17.7 Å². The third-order valence-corrected chi connectivity index (χ3v) is 2.46. The van der Waals surface area contributed by atoms with Crippen LogP contribution in [-0.4, -0.2) is 35.2 Å². The van der Waals surface area contributed by atoms with E-state index in [0.717, 1.165) is 0 Å². The number of nitrogens with one attached hydrogen (secondary N) is 1. The summed E-state index contributed by atoms with van der Waals surface area (Å²) in [5.41, 5.74) is 0.00972. The number of aromatic hydroxyl groups is 1. The highest BCUT2D eigenvalue weighted by Crippen LogP contribution is 2.23. The number of phenols is 1. The predicted octanol–water partition coefficient (Wildman–Crippen LogP) is 0.994. The lowest BCUT2D eigenvalue weighted by atomic mass is 10.1. The number of carbonyl (C=O) groups excluding carboxylic acids is 1. The fraction of sp³-hybridized carbons (Fsp3) is 0.333. The molecule has 0 saturated heterocycles. The summed E-state index contributed by atoms with van der Waals surface area (Å²) < 4.78 is 4.88. The highest BCUT2D eigenvalue weighted by atomic mass is 16.5. The second-order valence-corrected chi connectivity index (χ2v) is 3.66. The van der Waals surface area contributed by atoms with E-state index < -0.39 is 17.9 Å². The number of amides is 1. The molecule has 1 aromatic carbocycles. The van der Waals surface area contributed by atoms with Crippen LogP contribution in [0.3, 0.4) is 0 Å². The normalized spacial score (nSPS) is 11.7. The van der Waals surface area contributed by atoms with Gasteiger partial charge in [-0.3, -0.25) is 4.79 Å². The van der Waals surface area contributed by atoms with Gasteiger partial charge < -0.3 is 20.3 Å². The molecule has 0 spiro atoms. The van der Waals surface area contributed by atoms with Crippen molar-refractivity contribution in [2.45, 2.75) is 19.4 Å². The van der Waals surface area contributed by atoms with Crippen LogP contribution in [0.1, 0.15) is 23.7 Å². The van der Waals surface area contributed by atoms with E-state index in [1.165, 1.54) is 25.3 Å². The third-order valence-electron chi connectivity index (χ3n) is 2.46. The number of benzene rings is 1. The molecular weight excluding hydrogens is 238 g/mol. The maximum Gasteiger partial charge on any atom is 0.326 e. The maximum absolute atomic E-state index is 11.8. The molecule has 98 valence electrons. The number of phenolic OH excluding ortho intramolecular Hbond substituents is 1. The number of carbonyl (C=O) groups is 2. The average Bonchev–Trinajstić information content (AvgIpc) is 2.34. The molecule has 18 heavy (non-hydrogen) atoms. The summed E-state index contributed by atoms with van der Waals surface area (Å²) >= 11 is 0. The van der Waals surface area contributed by atoms with Crippen molar-refractivity contribution in [2.75, 3.05) is 7.11 Å². The van der Waals surface area contributed by atoms with Crippen LogP contribution in [0.25, 0.3) is 0 Å². The van der Waals surface area contributed by atoms with E-state index in [0.29, 0.717) is 5.75 Å². The Labute approximate surface area is 104 Å². The first kappa shape index (κ1) is 13.8. The molecule has 0 aromatic heterocycles. The SMILES string of the molecule is CC[C@H](NC(=O)c1ccc(OC)cc1O)C(=O)O. The second kappa shape index (κ2) is 5.90. The monoisotopic (exact) mass is 253 g/mol. The number of ether oxygens (including phenoxy) is 1. The van der Waals surface area contributed by atoms with Crippen molar-refractivity contribution < 1.29 is 24.5 Å². The quantitative estimate of drug-likeness (QED) is 0.727. The van der Waals surface area contributed by atoms with Crippen LogP contribution >= 0.6 is 0 Å². The first-order chi connectivity index (χ1) is 8.49. The van der Waals surface area contributed by atoms with Crippen molar-refractivity contribution in [3.8, 4) is 11.5 Å². The van der Waals surface area contributed by atoms with Gasteiger partial charge >= 0.3 is 5.97 Å². The van der Waals surface area contributed by atoms with Crippen LogP contribution in [0.2, 0.25) is 0 Å². The Morgan fingerprint density at radius 2 is 2.11 bits per heavy atom. The molecule has 0 bridgehead atoms. The van der Waals surface area contributed by atoms with Crippen molar-refractivity contribution in [1.29, 1.82) is 0 Å². The fourth-order valence-corrected chi connectivity index (χ4v) is 1.40. The number of hydrogen-bond acceptors (Lipinski definition) is 4. The number of rotatable bonds is 5. The van der Waals surface area contributed by atoms with Crippen LogP contribution in [0.15, 0.2) is 18.2 Å². The van der Waals surface area contributed by atoms with Gasteiger partial charge in [-0.25, -0.2) is 4.79 Å². The Hall–Kier alpha value is -2.24. The molecule has 0 aliphatic carbocycles. The van der Waals surface area contributed by atoms with Crippen LogP contribution in [0, 0.1) is 0 Å². The van der Waals surface area contributed by atoms with Gasteiger partial charge in [-0.15, -0.1) is 0 Å². The number of carboxylic acid groups (broad SMARTS) is 1. The van der Waals surface area contributed by atoms with E-state index in [4.69, 9.17) is 9.84 Å². The summed E-state index contributed by atoms with van der Waals surface area (Å²) in [5, 5.41) is 20.8. The number of aliphatic carboxylic acids is 1. The van der Waals surface area contributed by atoms with Crippen molar-refractivity contribution >= 4 is 11.9 Å². The smallest absolute Gasteiger partial charge is 0.326 e. The first-order valence-electron chi connectivity index (χ1n) is 5.40. The fourth-order valence-electron chi connectivity index (χ4n) is 1.40. The van der Waals surface area contributed by atoms with Crippen molar-refractivity contribution in [3.05, 3.63) is 23.8 Å². The van der Waals surface area contributed by atoms with Gasteiger partial charge in [0.2, 0.25) is 0 Å². The Morgan fingerprint density at radius 1 is 1.44 bits per heavy atom. The minimum absolute atomic E-state index is 0.00972. The molecule has 6 nitrogen and oxygen atoms in total. The zero-order chi connectivity index (χ0) is 13.7. The summed E-state index contributed by atoms with van der Waals surface area (Å²) in [6, 6.07) is 3.20. The molecule has 0 unspecified atom stereocenters. The lowest BCUT2D eigenvalue weighted by Gasteiger charge is -2.13. The summed E-state index contributed by atoms with van der Waals surface area (Å²) in [7, 11) is 1.44. The molecule has 0 heterocycles. The topological polar surface area (TPSA) is 95.9 Å². The first-order valence-corrected chi connectivity index (χ1v) is 5.40. The van der Waals surface area contributed by atoms with E-state index in [2.05, 4.69) is 5.32 Å². The summed E-state index contributed by atoms with van der Waals surface area (Å²) in [6.45, 7) is 1.65. The number of methoxy groups -OCH3 is 1. The van der Waals surface area contributed by atoms with Crippen LogP contribution < -0.4 is 10.1 Å². The summed E-state index contributed by atoms with van der Waals surface area (Å²) in [6.07, 6.45) is 0.262. The third kappa shape index (κ3) is 3.13. The molecule has 1 amide bonds. The second-order valence-electron chi connectivity index (χ2n) is 3.66. The Bertz CT molecular complexity index is 458. The molecular formula is C12H15NO5. The number of carboxylic acids is 1. The van der Waals surface area contributed by atoms with Crippen LogP contribution in [0.5, 0.6) is 11.5 Å². The predicted molar refractivity (Wildman–Crippen MR) is 63.8 cm³/mol. The molecule has 6 heteroatoms. The minimum atomic E-state index is -1.11. The summed E-state index contributed by atoms with van der Waals surface area (Å²) in [5.74, 6) is -1.59. The van der Waals surface area contributed by atoms with Gasteiger partial charge in [0.1, 0.15) is 17.5 Å². The standard InChI is InChI=1S/C12H15NO5/c1-3-9(12(16)17)13-11(15)8-5-4-7(18-2)6-10(8)14/h4-6,9,14H,3H2,1-2H3,(H,13,15)(H,16,17)/t9-/m0/s1. The maximum atomic E-state index is 11.8. The van der Waals surface area contributed by atoms with Gasteiger partial charge in [-0.2, -0.15) is 0 Å². The molecule has 0 aliphatic rings. The molecule has 0 radical (unpaired) electrons. The molecule has 3 N–H and O–H groups in total. The Balaban J connectivity index is 2.87. The van der Waals surface area contributed by atoms with Crippen molar-refractivity contribution in [1.82, 2.24) is 5.32 Å². The van der Waals surface area contributed by atoms with Crippen molar-refractivity contribution in [2.24, 2.45) is 0 Å². The zero-order valence-electron chi connectivity index (χ0n) is 10.1. The van der Waals surface area contributed by atoms with Gasteiger partial charge in [-0.1, -0.05) is 6.92 Å². The van der Waals surface area contributed by atoms with E-state index >= 15 is 0 Å². The van der Waals surface area contributed by atoms with E-state index in [1.807, 2.05) is 0 Å². The molecule has 0 fully saturated rings. The lowest BCUT2D eigenvalue weighted by molar-refractivity contribution is -0.139. The highest BCUT2D eigenvalue weighted by Gasteiger charge is 2.20.